The molecule has 0 aromatic heterocycles. The van der Waals surface area contributed by atoms with Crippen LogP contribution in [-0.2, 0) is 25.7 Å². The molecule has 2 aliphatic heterocycles. The molecule has 1 unspecified atom stereocenters. The summed E-state index contributed by atoms with van der Waals surface area (Å²) in [6.07, 6.45) is 0.158. The molecule has 40 heavy (non-hydrogen) atoms. The van der Waals surface area contributed by atoms with E-state index in [1.807, 2.05) is 90.8 Å². The number of likely N-dealkylation sites (N-methyl/N-ethyl adjacent to an activating group) is 1. The van der Waals surface area contributed by atoms with Crippen molar-refractivity contribution in [3.63, 3.8) is 0 Å². The van der Waals surface area contributed by atoms with Gasteiger partial charge >= 0.3 is 5.97 Å². The number of carbonyl (C=O) groups is 2. The lowest BCUT2D eigenvalue weighted by molar-refractivity contribution is -0.141. The zero-order valence-corrected chi connectivity index (χ0v) is 24.2. The fourth-order valence-electron chi connectivity index (χ4n) is 4.40. The standard InChI is InChI=1S/C30H36N4O5S/c1-21-27(29(36)38-16-15-37-4)28(23-11-8-12-25(17-23)39-19-22-9-6-5-7-10-22)34-24(20-40-30(34)32-21)18-26(35)31-13-14-33(2)3/h5-12,17,20,28H,13-16,18-19H2,1-4H3,(H,31,35). The first kappa shape index (κ1) is 29.4. The molecule has 2 heterocycles. The molecule has 4 rings (SSSR count). The van der Waals surface area contributed by atoms with Crippen LogP contribution in [0.5, 0.6) is 5.75 Å². The Morgan fingerprint density at radius 1 is 1.10 bits per heavy atom. The predicted molar refractivity (Wildman–Crippen MR) is 157 cm³/mol. The number of esters is 1. The number of methoxy groups -OCH3 is 1. The average molecular weight is 565 g/mol. The highest BCUT2D eigenvalue weighted by Gasteiger charge is 2.41. The highest BCUT2D eigenvalue weighted by Crippen LogP contribution is 2.45. The molecular formula is C30H36N4O5S. The average Bonchev–Trinajstić information content (AvgIpc) is 3.33. The number of carbonyl (C=O) groups excluding carboxylic acids is 2. The molecule has 0 saturated heterocycles. The topological polar surface area (TPSA) is 92.7 Å². The van der Waals surface area contributed by atoms with Crippen molar-refractivity contribution in [3.8, 4) is 5.75 Å². The number of amidine groups is 1. The van der Waals surface area contributed by atoms with E-state index in [9.17, 15) is 9.59 Å². The van der Waals surface area contributed by atoms with Crippen LogP contribution in [0.4, 0.5) is 0 Å². The van der Waals surface area contributed by atoms with Crippen molar-refractivity contribution in [1.82, 2.24) is 15.1 Å². The molecule has 0 spiro atoms. The smallest absolute Gasteiger partial charge is 0.338 e. The van der Waals surface area contributed by atoms with E-state index in [4.69, 9.17) is 19.2 Å². The molecule has 0 saturated carbocycles. The van der Waals surface area contributed by atoms with Gasteiger partial charge in [0.1, 0.15) is 19.0 Å². The fraction of sp³-hybridized carbons (Fsp3) is 0.367. The number of nitrogens with zero attached hydrogens (tertiary/aromatic N) is 3. The van der Waals surface area contributed by atoms with Gasteiger partial charge < -0.3 is 29.3 Å². The minimum atomic E-state index is -0.543. The lowest BCUT2D eigenvalue weighted by Crippen LogP contribution is -2.38. The maximum absolute atomic E-state index is 13.4. The number of hydrogen-bond donors (Lipinski definition) is 1. The van der Waals surface area contributed by atoms with E-state index in [1.165, 1.54) is 11.8 Å². The highest BCUT2D eigenvalue weighted by molar-refractivity contribution is 8.16. The Morgan fingerprint density at radius 3 is 2.65 bits per heavy atom. The van der Waals surface area contributed by atoms with E-state index in [1.54, 1.807) is 7.11 Å². The Bertz CT molecular complexity index is 1290. The number of allylic oxidation sites excluding steroid dienone is 1. The van der Waals surface area contributed by atoms with Crippen LogP contribution >= 0.6 is 11.8 Å². The second kappa shape index (κ2) is 14.2. The van der Waals surface area contributed by atoms with Gasteiger partial charge in [-0.25, -0.2) is 9.79 Å². The van der Waals surface area contributed by atoms with E-state index in [-0.39, 0.29) is 25.5 Å². The number of rotatable bonds is 13. The lowest BCUT2D eigenvalue weighted by atomic mass is 9.93. The number of hydrogen-bond acceptors (Lipinski definition) is 9. The van der Waals surface area contributed by atoms with Crippen LogP contribution in [0.25, 0.3) is 0 Å². The maximum atomic E-state index is 13.4. The molecule has 0 bridgehead atoms. The second-order valence-electron chi connectivity index (χ2n) is 9.70. The molecule has 1 amide bonds. The lowest BCUT2D eigenvalue weighted by Gasteiger charge is -2.36. The molecule has 0 fully saturated rings. The van der Waals surface area contributed by atoms with Crippen molar-refractivity contribution in [2.75, 3.05) is 47.5 Å². The van der Waals surface area contributed by atoms with Crippen LogP contribution in [0.2, 0.25) is 0 Å². The van der Waals surface area contributed by atoms with Crippen LogP contribution < -0.4 is 10.1 Å². The Balaban J connectivity index is 1.62. The zero-order valence-electron chi connectivity index (χ0n) is 23.4. The molecule has 2 aliphatic rings. The summed E-state index contributed by atoms with van der Waals surface area (Å²) in [7, 11) is 5.48. The Labute approximate surface area is 239 Å². The van der Waals surface area contributed by atoms with Crippen LogP contribution in [0.15, 0.2) is 82.0 Å². The molecule has 212 valence electrons. The summed E-state index contributed by atoms with van der Waals surface area (Å²) in [5.74, 6) is 0.114. The van der Waals surface area contributed by atoms with Gasteiger partial charge in [0.15, 0.2) is 5.17 Å². The normalized spacial score (nSPS) is 16.4. The van der Waals surface area contributed by atoms with Crippen molar-refractivity contribution >= 4 is 28.8 Å². The quantitative estimate of drug-likeness (QED) is 0.287. The van der Waals surface area contributed by atoms with E-state index in [0.717, 1.165) is 23.4 Å². The summed E-state index contributed by atoms with van der Waals surface area (Å²) in [4.78, 5) is 35.0. The van der Waals surface area contributed by atoms with Crippen LogP contribution in [-0.4, -0.2) is 74.4 Å². The number of fused-ring (bicyclic) bond motifs is 1. The largest absolute Gasteiger partial charge is 0.489 e. The van der Waals surface area contributed by atoms with E-state index >= 15 is 0 Å². The number of nitrogens with one attached hydrogen (secondary N) is 1. The van der Waals surface area contributed by atoms with Crippen LogP contribution in [0.3, 0.4) is 0 Å². The van der Waals surface area contributed by atoms with Gasteiger partial charge in [0, 0.05) is 25.9 Å². The molecular weight excluding hydrogens is 528 g/mol. The van der Waals surface area contributed by atoms with Crippen LogP contribution in [0.1, 0.15) is 30.5 Å². The summed E-state index contributed by atoms with van der Waals surface area (Å²) in [6, 6.07) is 17.1. The molecule has 1 atom stereocenters. The van der Waals surface area contributed by atoms with Crippen LogP contribution in [0, 0.1) is 0 Å². The Morgan fingerprint density at radius 2 is 1.90 bits per heavy atom. The molecule has 10 heteroatoms. The monoisotopic (exact) mass is 564 g/mol. The van der Waals surface area contributed by atoms with Gasteiger partial charge in [0.05, 0.1) is 30.3 Å². The van der Waals surface area contributed by atoms with Crippen molar-refractivity contribution in [3.05, 3.63) is 88.1 Å². The van der Waals surface area contributed by atoms with Gasteiger partial charge in [-0.05, 0) is 49.7 Å². The first-order valence-corrected chi connectivity index (χ1v) is 14.0. The third-order valence-electron chi connectivity index (χ3n) is 6.39. The molecule has 0 aliphatic carbocycles. The molecule has 1 N–H and O–H groups in total. The summed E-state index contributed by atoms with van der Waals surface area (Å²) in [6.45, 7) is 3.94. The highest BCUT2D eigenvalue weighted by atomic mass is 32.2. The predicted octanol–water partition coefficient (Wildman–Crippen LogP) is 4.10. The molecule has 9 nitrogen and oxygen atoms in total. The van der Waals surface area contributed by atoms with Crippen molar-refractivity contribution in [1.29, 1.82) is 0 Å². The SMILES string of the molecule is COCCOC(=O)C1=C(C)N=C2SC=C(CC(=O)NCCN(C)C)N2C1c1cccc(OCc2ccccc2)c1. The van der Waals surface area contributed by atoms with E-state index in [2.05, 4.69) is 5.32 Å². The van der Waals surface area contributed by atoms with E-state index in [0.29, 0.717) is 35.3 Å². The summed E-state index contributed by atoms with van der Waals surface area (Å²) < 4.78 is 16.7. The van der Waals surface area contributed by atoms with Gasteiger partial charge in [-0.2, -0.15) is 0 Å². The van der Waals surface area contributed by atoms with Gasteiger partial charge in [-0.1, -0.05) is 54.2 Å². The second-order valence-corrected chi connectivity index (χ2v) is 10.5. The minimum absolute atomic E-state index is 0.0934. The summed E-state index contributed by atoms with van der Waals surface area (Å²) in [5.41, 5.74) is 3.65. The summed E-state index contributed by atoms with van der Waals surface area (Å²) in [5, 5.41) is 5.62. The number of thioether (sulfide) groups is 1. The molecule has 2 aromatic carbocycles. The number of amides is 1. The zero-order chi connectivity index (χ0) is 28.5. The van der Waals surface area contributed by atoms with E-state index < -0.39 is 12.0 Å². The van der Waals surface area contributed by atoms with Crippen molar-refractivity contribution in [2.45, 2.75) is 26.0 Å². The fourth-order valence-corrected chi connectivity index (χ4v) is 5.37. The third-order valence-corrected chi connectivity index (χ3v) is 7.27. The van der Waals surface area contributed by atoms with Gasteiger partial charge in [0.25, 0.3) is 0 Å². The van der Waals surface area contributed by atoms with Gasteiger partial charge in [-0.15, -0.1) is 0 Å². The molecule has 2 aromatic rings. The van der Waals surface area contributed by atoms with Crippen molar-refractivity contribution < 1.29 is 23.8 Å². The minimum Gasteiger partial charge on any atom is -0.489 e. The number of aliphatic imine (C=N–C) groups is 1. The maximum Gasteiger partial charge on any atom is 0.338 e. The Hall–Kier alpha value is -3.60. The van der Waals surface area contributed by atoms with Gasteiger partial charge in [0.2, 0.25) is 5.91 Å². The number of ether oxygens (including phenoxy) is 3. The number of benzene rings is 2. The van der Waals surface area contributed by atoms with Crippen molar-refractivity contribution in [2.24, 2.45) is 4.99 Å². The Kier molecular flexibility index (Phi) is 10.4. The summed E-state index contributed by atoms with van der Waals surface area (Å²) >= 11 is 1.44. The first-order valence-electron chi connectivity index (χ1n) is 13.2. The van der Waals surface area contributed by atoms with Gasteiger partial charge in [-0.3, -0.25) is 4.79 Å². The molecule has 0 radical (unpaired) electrons. The first-order chi connectivity index (χ1) is 19.4. The third kappa shape index (κ3) is 7.53.